The summed E-state index contributed by atoms with van der Waals surface area (Å²) < 4.78 is 0. The van der Waals surface area contributed by atoms with Crippen molar-refractivity contribution in [2.75, 3.05) is 13.1 Å². The Balaban J connectivity index is 2.04. The molecule has 0 aromatic heterocycles. The minimum absolute atomic E-state index is 0.215. The van der Waals surface area contributed by atoms with E-state index in [2.05, 4.69) is 18.7 Å². The van der Waals surface area contributed by atoms with Crippen LogP contribution in [0.2, 0.25) is 0 Å². The molecule has 104 valence electrons. The monoisotopic (exact) mass is 252 g/mol. The first-order chi connectivity index (χ1) is 8.63. The van der Waals surface area contributed by atoms with E-state index in [1.54, 1.807) is 0 Å². The van der Waals surface area contributed by atoms with E-state index in [9.17, 15) is 4.79 Å². The van der Waals surface area contributed by atoms with E-state index in [1.165, 1.54) is 32.1 Å². The highest BCUT2D eigenvalue weighted by atomic mass is 16.2. The van der Waals surface area contributed by atoms with Gasteiger partial charge in [0, 0.05) is 19.1 Å². The van der Waals surface area contributed by atoms with Gasteiger partial charge in [0.2, 0.25) is 5.91 Å². The van der Waals surface area contributed by atoms with E-state index in [-0.39, 0.29) is 5.41 Å². The average molecular weight is 252 g/mol. The maximum atomic E-state index is 12.8. The fourth-order valence-electron chi connectivity index (χ4n) is 3.97. The summed E-state index contributed by atoms with van der Waals surface area (Å²) >= 11 is 0. The molecule has 3 nitrogen and oxygen atoms in total. The lowest BCUT2D eigenvalue weighted by Gasteiger charge is -2.48. The molecule has 0 saturated heterocycles. The van der Waals surface area contributed by atoms with Crippen molar-refractivity contribution in [3.05, 3.63) is 0 Å². The second-order valence-corrected chi connectivity index (χ2v) is 6.38. The normalized spacial score (nSPS) is 32.9. The third-order valence-corrected chi connectivity index (χ3v) is 4.94. The maximum absolute atomic E-state index is 12.8. The molecule has 0 heterocycles. The Labute approximate surface area is 111 Å². The van der Waals surface area contributed by atoms with Crippen molar-refractivity contribution >= 4 is 5.91 Å². The predicted octanol–water partition coefficient (Wildman–Crippen LogP) is 2.54. The second kappa shape index (κ2) is 5.60. The van der Waals surface area contributed by atoms with Crippen LogP contribution in [-0.4, -0.2) is 29.9 Å². The van der Waals surface area contributed by atoms with E-state index in [0.29, 0.717) is 24.4 Å². The number of hydrogen-bond acceptors (Lipinski definition) is 2. The van der Waals surface area contributed by atoms with Gasteiger partial charge in [-0.15, -0.1) is 0 Å². The number of nitrogens with zero attached hydrogens (tertiary/aromatic N) is 1. The Morgan fingerprint density at radius 2 is 1.89 bits per heavy atom. The summed E-state index contributed by atoms with van der Waals surface area (Å²) in [6.45, 7) is 5.70. The quantitative estimate of drug-likeness (QED) is 0.835. The summed E-state index contributed by atoms with van der Waals surface area (Å²) in [5.41, 5.74) is 5.69. The average Bonchev–Trinajstić information content (AvgIpc) is 2.36. The zero-order chi connectivity index (χ0) is 13.2. The standard InChI is InChI=1S/C15H28N2O/c1-3-17(13-7-5-4-6-8-13)14(18)15(11-16)9-12(2)10-15/h12-13H,3-11,16H2,1-2H3. The number of carbonyl (C=O) groups excluding carboxylic acids is 1. The molecule has 2 aliphatic rings. The molecule has 2 rings (SSSR count). The van der Waals surface area contributed by atoms with Crippen molar-refractivity contribution in [2.24, 2.45) is 17.1 Å². The molecule has 0 bridgehead atoms. The third-order valence-electron chi connectivity index (χ3n) is 4.94. The summed E-state index contributed by atoms with van der Waals surface area (Å²) in [5.74, 6) is 1.01. The zero-order valence-electron chi connectivity index (χ0n) is 12.0. The topological polar surface area (TPSA) is 46.3 Å². The van der Waals surface area contributed by atoms with Gasteiger partial charge in [-0.25, -0.2) is 0 Å². The molecule has 0 radical (unpaired) electrons. The maximum Gasteiger partial charge on any atom is 0.230 e. The Kier molecular flexibility index (Phi) is 4.31. The van der Waals surface area contributed by atoms with Crippen LogP contribution < -0.4 is 5.73 Å². The van der Waals surface area contributed by atoms with Crippen molar-refractivity contribution in [3.63, 3.8) is 0 Å². The molecule has 0 unspecified atom stereocenters. The minimum atomic E-state index is -0.215. The van der Waals surface area contributed by atoms with E-state index < -0.39 is 0 Å². The smallest absolute Gasteiger partial charge is 0.230 e. The molecule has 0 atom stereocenters. The van der Waals surface area contributed by atoms with Crippen LogP contribution in [0.5, 0.6) is 0 Å². The summed E-state index contributed by atoms with van der Waals surface area (Å²) in [5, 5.41) is 0. The number of amides is 1. The molecule has 2 saturated carbocycles. The summed E-state index contributed by atoms with van der Waals surface area (Å²) in [6.07, 6.45) is 8.25. The molecule has 2 fully saturated rings. The van der Waals surface area contributed by atoms with Crippen LogP contribution >= 0.6 is 0 Å². The molecular weight excluding hydrogens is 224 g/mol. The fraction of sp³-hybridized carbons (Fsp3) is 0.933. The molecule has 1 amide bonds. The van der Waals surface area contributed by atoms with Crippen LogP contribution in [0.25, 0.3) is 0 Å². The number of carbonyl (C=O) groups is 1. The van der Waals surface area contributed by atoms with Crippen molar-refractivity contribution in [2.45, 2.75) is 64.8 Å². The first-order valence-corrected chi connectivity index (χ1v) is 7.64. The summed E-state index contributed by atoms with van der Waals surface area (Å²) in [7, 11) is 0. The van der Waals surface area contributed by atoms with Crippen molar-refractivity contribution < 1.29 is 4.79 Å². The summed E-state index contributed by atoms with van der Waals surface area (Å²) in [6, 6.07) is 0.482. The lowest BCUT2D eigenvalue weighted by atomic mass is 9.61. The van der Waals surface area contributed by atoms with E-state index in [0.717, 1.165) is 19.4 Å². The van der Waals surface area contributed by atoms with Gasteiger partial charge < -0.3 is 10.6 Å². The minimum Gasteiger partial charge on any atom is -0.339 e. The highest BCUT2D eigenvalue weighted by Crippen LogP contribution is 2.46. The van der Waals surface area contributed by atoms with Crippen LogP contribution in [0.4, 0.5) is 0 Å². The first-order valence-electron chi connectivity index (χ1n) is 7.64. The molecule has 18 heavy (non-hydrogen) atoms. The SMILES string of the molecule is CCN(C(=O)C1(CN)CC(C)C1)C1CCCCC1. The van der Waals surface area contributed by atoms with Crippen molar-refractivity contribution in [3.8, 4) is 0 Å². The van der Waals surface area contributed by atoms with Crippen LogP contribution in [0, 0.1) is 11.3 Å². The van der Waals surface area contributed by atoms with Gasteiger partial charge in [-0.05, 0) is 38.5 Å². The zero-order valence-corrected chi connectivity index (χ0v) is 12.0. The highest BCUT2D eigenvalue weighted by Gasteiger charge is 2.49. The van der Waals surface area contributed by atoms with E-state index >= 15 is 0 Å². The highest BCUT2D eigenvalue weighted by molar-refractivity contribution is 5.84. The van der Waals surface area contributed by atoms with Gasteiger partial charge in [-0.2, -0.15) is 0 Å². The van der Waals surface area contributed by atoms with Gasteiger partial charge in [-0.3, -0.25) is 4.79 Å². The second-order valence-electron chi connectivity index (χ2n) is 6.38. The number of hydrogen-bond donors (Lipinski definition) is 1. The van der Waals surface area contributed by atoms with Crippen LogP contribution in [-0.2, 0) is 4.79 Å². The molecule has 0 aromatic rings. The molecule has 0 aliphatic heterocycles. The van der Waals surface area contributed by atoms with Gasteiger partial charge in [0.05, 0.1) is 5.41 Å². The predicted molar refractivity (Wildman–Crippen MR) is 74.1 cm³/mol. The fourth-order valence-corrected chi connectivity index (χ4v) is 3.97. The van der Waals surface area contributed by atoms with Gasteiger partial charge >= 0.3 is 0 Å². The molecule has 3 heteroatoms. The Hall–Kier alpha value is -0.570. The molecule has 0 aromatic carbocycles. The van der Waals surface area contributed by atoms with E-state index in [1.807, 2.05) is 0 Å². The summed E-state index contributed by atoms with van der Waals surface area (Å²) in [4.78, 5) is 14.9. The largest absolute Gasteiger partial charge is 0.339 e. The number of rotatable bonds is 4. The first kappa shape index (κ1) is 13.9. The van der Waals surface area contributed by atoms with Gasteiger partial charge in [0.25, 0.3) is 0 Å². The lowest BCUT2D eigenvalue weighted by Crippen LogP contribution is -2.57. The van der Waals surface area contributed by atoms with Crippen LogP contribution in [0.15, 0.2) is 0 Å². The number of nitrogens with two attached hydrogens (primary N) is 1. The third kappa shape index (κ3) is 2.42. The molecular formula is C15H28N2O. The van der Waals surface area contributed by atoms with Crippen molar-refractivity contribution in [1.82, 2.24) is 4.90 Å². The Bertz CT molecular complexity index is 291. The Morgan fingerprint density at radius 1 is 1.28 bits per heavy atom. The lowest BCUT2D eigenvalue weighted by molar-refractivity contribution is -0.152. The van der Waals surface area contributed by atoms with Gasteiger partial charge in [-0.1, -0.05) is 26.2 Å². The molecule has 2 N–H and O–H groups in total. The van der Waals surface area contributed by atoms with Gasteiger partial charge in [0.1, 0.15) is 0 Å². The van der Waals surface area contributed by atoms with Crippen molar-refractivity contribution in [1.29, 1.82) is 0 Å². The van der Waals surface area contributed by atoms with Crippen LogP contribution in [0.1, 0.15) is 58.8 Å². The van der Waals surface area contributed by atoms with Crippen LogP contribution in [0.3, 0.4) is 0 Å². The van der Waals surface area contributed by atoms with Gasteiger partial charge in [0.15, 0.2) is 0 Å². The molecule has 0 spiro atoms. The Morgan fingerprint density at radius 3 is 2.33 bits per heavy atom. The van der Waals surface area contributed by atoms with E-state index in [4.69, 9.17) is 5.73 Å². The molecule has 2 aliphatic carbocycles.